The van der Waals surface area contributed by atoms with E-state index in [1.165, 1.54) is 5.56 Å². The van der Waals surface area contributed by atoms with E-state index in [4.69, 9.17) is 0 Å². The highest BCUT2D eigenvalue weighted by Crippen LogP contribution is 2.20. The molecule has 1 unspecified atom stereocenters. The van der Waals surface area contributed by atoms with Crippen molar-refractivity contribution >= 4 is 9.84 Å². The minimum atomic E-state index is -2.87. The molecular formula is C16H28N2O2S. The first-order valence-electron chi connectivity index (χ1n) is 7.77. The van der Waals surface area contributed by atoms with E-state index in [1.54, 1.807) is 6.92 Å². The molecular weight excluding hydrogens is 284 g/mol. The summed E-state index contributed by atoms with van der Waals surface area (Å²) in [5, 5.41) is 3.52. The van der Waals surface area contributed by atoms with E-state index in [-0.39, 0.29) is 17.5 Å². The van der Waals surface area contributed by atoms with Gasteiger partial charge in [0, 0.05) is 23.2 Å². The minimum Gasteiger partial charge on any atom is -0.310 e. The fraction of sp³-hybridized carbons (Fsp3) is 0.688. The van der Waals surface area contributed by atoms with Gasteiger partial charge in [-0.15, -0.1) is 0 Å². The zero-order chi connectivity index (χ0) is 15.9. The Labute approximate surface area is 129 Å². The molecule has 1 aromatic rings. The smallest absolute Gasteiger partial charge is 0.150 e. The lowest BCUT2D eigenvalue weighted by Gasteiger charge is -2.20. The lowest BCUT2D eigenvalue weighted by molar-refractivity contribution is 0.491. The quantitative estimate of drug-likeness (QED) is 0.761. The van der Waals surface area contributed by atoms with Crippen LogP contribution in [0.25, 0.3) is 0 Å². The van der Waals surface area contributed by atoms with Crippen molar-refractivity contribution in [2.75, 3.05) is 18.1 Å². The number of nitrogens with one attached hydrogen (secondary N) is 1. The Kier molecular flexibility index (Phi) is 7.32. The van der Waals surface area contributed by atoms with E-state index in [2.05, 4.69) is 29.4 Å². The van der Waals surface area contributed by atoms with Crippen LogP contribution < -0.4 is 5.32 Å². The number of aryl methyl sites for hydroxylation is 2. The van der Waals surface area contributed by atoms with E-state index in [9.17, 15) is 8.42 Å². The van der Waals surface area contributed by atoms with Gasteiger partial charge in [0.05, 0.1) is 5.75 Å². The summed E-state index contributed by atoms with van der Waals surface area (Å²) in [4.78, 5) is 4.41. The summed E-state index contributed by atoms with van der Waals surface area (Å²) in [6, 6.07) is 4.39. The zero-order valence-corrected chi connectivity index (χ0v) is 14.5. The topological polar surface area (TPSA) is 59.1 Å². The monoisotopic (exact) mass is 312 g/mol. The molecule has 0 aliphatic heterocycles. The third kappa shape index (κ3) is 6.57. The van der Waals surface area contributed by atoms with Gasteiger partial charge in [-0.25, -0.2) is 8.42 Å². The molecule has 0 bridgehead atoms. The molecule has 1 atom stereocenters. The maximum absolute atomic E-state index is 11.6. The van der Waals surface area contributed by atoms with Crippen molar-refractivity contribution in [3.05, 3.63) is 29.1 Å². The molecule has 120 valence electrons. The van der Waals surface area contributed by atoms with Gasteiger partial charge in [-0.2, -0.15) is 0 Å². The highest BCUT2D eigenvalue weighted by Gasteiger charge is 2.14. The van der Waals surface area contributed by atoms with Gasteiger partial charge in [0.2, 0.25) is 0 Å². The molecule has 1 N–H and O–H groups in total. The molecule has 0 aliphatic rings. The van der Waals surface area contributed by atoms with E-state index < -0.39 is 9.84 Å². The number of pyridine rings is 1. The fourth-order valence-corrected chi connectivity index (χ4v) is 3.32. The van der Waals surface area contributed by atoms with Gasteiger partial charge in [-0.1, -0.05) is 13.8 Å². The largest absolute Gasteiger partial charge is 0.310 e. The molecule has 5 heteroatoms. The second-order valence-corrected chi connectivity index (χ2v) is 8.04. The van der Waals surface area contributed by atoms with Gasteiger partial charge in [-0.3, -0.25) is 4.98 Å². The normalized spacial score (nSPS) is 13.3. The summed E-state index contributed by atoms with van der Waals surface area (Å²) >= 11 is 0. The molecule has 0 aromatic carbocycles. The zero-order valence-electron chi connectivity index (χ0n) is 13.6. The maximum Gasteiger partial charge on any atom is 0.150 e. The van der Waals surface area contributed by atoms with Crippen LogP contribution in [0, 0.1) is 13.8 Å². The lowest BCUT2D eigenvalue weighted by atomic mass is 10.0. The first kappa shape index (κ1) is 18.1. The predicted molar refractivity (Wildman–Crippen MR) is 88.3 cm³/mol. The van der Waals surface area contributed by atoms with Crippen LogP contribution in [0.4, 0.5) is 0 Å². The number of sulfone groups is 1. The molecule has 4 nitrogen and oxygen atoms in total. The van der Waals surface area contributed by atoms with Crippen molar-refractivity contribution < 1.29 is 8.42 Å². The third-order valence-corrected chi connectivity index (χ3v) is 5.33. The standard InChI is InChI=1S/C16H28N2O2S/c1-5-9-17-16(8-7-10-21(19,20)6-2)15-11-13(3)18-14(4)12-15/h11-12,16-17H,5-10H2,1-4H3. The van der Waals surface area contributed by atoms with Gasteiger partial charge in [-0.05, 0) is 57.4 Å². The molecule has 1 heterocycles. The van der Waals surface area contributed by atoms with Crippen LogP contribution in [0.3, 0.4) is 0 Å². The Bertz CT molecular complexity index is 521. The van der Waals surface area contributed by atoms with Gasteiger partial charge < -0.3 is 5.32 Å². The van der Waals surface area contributed by atoms with Crippen LogP contribution in [-0.4, -0.2) is 31.5 Å². The van der Waals surface area contributed by atoms with Crippen LogP contribution in [0.2, 0.25) is 0 Å². The first-order chi connectivity index (χ1) is 9.88. The SMILES string of the molecule is CCCNC(CCCS(=O)(=O)CC)c1cc(C)nc(C)c1. The van der Waals surface area contributed by atoms with E-state index in [1.807, 2.05) is 13.8 Å². The van der Waals surface area contributed by atoms with Crippen LogP contribution in [0.1, 0.15) is 56.1 Å². The highest BCUT2D eigenvalue weighted by molar-refractivity contribution is 7.91. The molecule has 0 saturated heterocycles. The molecule has 0 radical (unpaired) electrons. The Morgan fingerprint density at radius 3 is 2.33 bits per heavy atom. The van der Waals surface area contributed by atoms with Crippen molar-refractivity contribution in [2.24, 2.45) is 0 Å². The Hall–Kier alpha value is -0.940. The molecule has 0 spiro atoms. The molecule has 1 rings (SSSR count). The van der Waals surface area contributed by atoms with Gasteiger partial charge >= 0.3 is 0 Å². The summed E-state index contributed by atoms with van der Waals surface area (Å²) in [6.07, 6.45) is 2.59. The van der Waals surface area contributed by atoms with Crippen LogP contribution in [0.5, 0.6) is 0 Å². The molecule has 1 aromatic heterocycles. The Balaban J connectivity index is 2.75. The summed E-state index contributed by atoms with van der Waals surface area (Å²) in [6.45, 7) is 8.77. The second-order valence-electron chi connectivity index (χ2n) is 5.57. The average Bonchev–Trinajstić information content (AvgIpc) is 2.41. The first-order valence-corrected chi connectivity index (χ1v) is 9.59. The highest BCUT2D eigenvalue weighted by atomic mass is 32.2. The molecule has 21 heavy (non-hydrogen) atoms. The summed E-state index contributed by atoms with van der Waals surface area (Å²) in [7, 11) is -2.87. The van der Waals surface area contributed by atoms with E-state index in [0.717, 1.165) is 30.8 Å². The molecule has 0 amide bonds. The summed E-state index contributed by atoms with van der Waals surface area (Å²) in [5.74, 6) is 0.504. The van der Waals surface area contributed by atoms with Crippen molar-refractivity contribution in [2.45, 2.75) is 53.0 Å². The number of rotatable bonds is 9. The number of aromatic nitrogens is 1. The van der Waals surface area contributed by atoms with E-state index in [0.29, 0.717) is 6.42 Å². The molecule has 0 aliphatic carbocycles. The van der Waals surface area contributed by atoms with Crippen molar-refractivity contribution in [1.82, 2.24) is 10.3 Å². The Morgan fingerprint density at radius 1 is 1.19 bits per heavy atom. The summed E-state index contributed by atoms with van der Waals surface area (Å²) in [5.41, 5.74) is 3.23. The van der Waals surface area contributed by atoms with E-state index >= 15 is 0 Å². The minimum absolute atomic E-state index is 0.206. The summed E-state index contributed by atoms with van der Waals surface area (Å²) < 4.78 is 23.2. The lowest BCUT2D eigenvalue weighted by Crippen LogP contribution is -2.23. The van der Waals surface area contributed by atoms with Gasteiger partial charge in [0.25, 0.3) is 0 Å². The van der Waals surface area contributed by atoms with Crippen molar-refractivity contribution in [3.8, 4) is 0 Å². The number of nitrogens with zero attached hydrogens (tertiary/aromatic N) is 1. The maximum atomic E-state index is 11.6. The predicted octanol–water partition coefficient (Wildman–Crippen LogP) is 2.95. The Morgan fingerprint density at radius 2 is 1.81 bits per heavy atom. The van der Waals surface area contributed by atoms with Crippen LogP contribution in [-0.2, 0) is 9.84 Å². The van der Waals surface area contributed by atoms with Gasteiger partial charge in [0.1, 0.15) is 9.84 Å². The van der Waals surface area contributed by atoms with Gasteiger partial charge in [0.15, 0.2) is 0 Å². The third-order valence-electron chi connectivity index (χ3n) is 3.53. The number of hydrogen-bond acceptors (Lipinski definition) is 4. The fourth-order valence-electron chi connectivity index (χ4n) is 2.42. The number of hydrogen-bond donors (Lipinski definition) is 1. The molecule has 0 fully saturated rings. The van der Waals surface area contributed by atoms with Crippen LogP contribution >= 0.6 is 0 Å². The molecule has 0 saturated carbocycles. The average molecular weight is 312 g/mol. The van der Waals surface area contributed by atoms with Crippen molar-refractivity contribution in [1.29, 1.82) is 0 Å². The van der Waals surface area contributed by atoms with Crippen molar-refractivity contribution in [3.63, 3.8) is 0 Å². The van der Waals surface area contributed by atoms with Crippen LogP contribution in [0.15, 0.2) is 12.1 Å². The second kappa shape index (κ2) is 8.49.